The summed E-state index contributed by atoms with van der Waals surface area (Å²) in [5, 5.41) is 5.88. The minimum absolute atomic E-state index is 0.00731. The van der Waals surface area contributed by atoms with E-state index in [1.54, 1.807) is 43.3 Å². The summed E-state index contributed by atoms with van der Waals surface area (Å²) in [6.07, 6.45) is 0. The molecule has 0 fully saturated rings. The van der Waals surface area contributed by atoms with E-state index in [4.69, 9.17) is 11.6 Å². The molecule has 0 aliphatic carbocycles. The Balaban J connectivity index is 1.91. The van der Waals surface area contributed by atoms with Crippen LogP contribution in [0.15, 0.2) is 48.5 Å². The molecule has 2 aromatic carbocycles. The first-order valence-electron chi connectivity index (χ1n) is 9.69. The van der Waals surface area contributed by atoms with Crippen LogP contribution < -0.4 is 10.6 Å². The fraction of sp³-hybridized carbons (Fsp3) is 0.348. The van der Waals surface area contributed by atoms with Crippen molar-refractivity contribution in [2.45, 2.75) is 39.2 Å². The fourth-order valence-corrected chi connectivity index (χ4v) is 3.04. The first-order valence-corrected chi connectivity index (χ1v) is 10.1. The predicted octanol–water partition coefficient (Wildman–Crippen LogP) is 3.85. The maximum atomic E-state index is 12.5. The van der Waals surface area contributed by atoms with Gasteiger partial charge < -0.3 is 15.5 Å². The highest BCUT2D eigenvalue weighted by molar-refractivity contribution is 6.30. The van der Waals surface area contributed by atoms with E-state index in [0.29, 0.717) is 16.3 Å². The summed E-state index contributed by atoms with van der Waals surface area (Å²) in [7, 11) is 1.51. The van der Waals surface area contributed by atoms with Crippen molar-refractivity contribution in [2.24, 2.45) is 0 Å². The predicted molar refractivity (Wildman–Crippen MR) is 120 cm³/mol. The molecule has 2 rings (SSSR count). The van der Waals surface area contributed by atoms with Crippen molar-refractivity contribution in [3.05, 3.63) is 64.7 Å². The lowest BCUT2D eigenvalue weighted by atomic mass is 9.86. The Hall–Kier alpha value is -2.86. The molecule has 0 aromatic heterocycles. The van der Waals surface area contributed by atoms with Gasteiger partial charge in [-0.25, -0.2) is 0 Å². The zero-order chi connectivity index (χ0) is 22.5. The van der Waals surface area contributed by atoms with Crippen LogP contribution in [-0.4, -0.2) is 42.3 Å². The molecule has 2 N–H and O–H groups in total. The van der Waals surface area contributed by atoms with Crippen molar-refractivity contribution >= 4 is 35.0 Å². The monoisotopic (exact) mass is 429 g/mol. The first-order chi connectivity index (χ1) is 14.0. The number of halogens is 1. The third-order valence-corrected chi connectivity index (χ3v) is 4.83. The topological polar surface area (TPSA) is 78.5 Å². The Labute approximate surface area is 182 Å². The van der Waals surface area contributed by atoms with E-state index >= 15 is 0 Å². The summed E-state index contributed by atoms with van der Waals surface area (Å²) in [6, 6.07) is 13.3. The summed E-state index contributed by atoms with van der Waals surface area (Å²) in [5.74, 6) is -1.06. The molecule has 160 valence electrons. The van der Waals surface area contributed by atoms with Gasteiger partial charge in [0.1, 0.15) is 6.04 Å². The summed E-state index contributed by atoms with van der Waals surface area (Å²) in [5.41, 5.74) is 2.14. The number of likely N-dealkylation sites (N-methyl/N-ethyl adjacent to an activating group) is 1. The highest BCUT2D eigenvalue weighted by Gasteiger charge is 2.22. The molecule has 0 heterocycles. The van der Waals surface area contributed by atoms with Crippen molar-refractivity contribution in [1.82, 2.24) is 10.2 Å². The number of carbonyl (C=O) groups is 3. The highest BCUT2D eigenvalue weighted by Crippen LogP contribution is 2.22. The van der Waals surface area contributed by atoms with Crippen molar-refractivity contribution < 1.29 is 14.4 Å². The summed E-state index contributed by atoms with van der Waals surface area (Å²) in [6.45, 7) is 7.74. The molecule has 7 heteroatoms. The zero-order valence-electron chi connectivity index (χ0n) is 18.0. The summed E-state index contributed by atoms with van der Waals surface area (Å²) < 4.78 is 0. The van der Waals surface area contributed by atoms with Gasteiger partial charge >= 0.3 is 0 Å². The molecule has 0 spiro atoms. The van der Waals surface area contributed by atoms with E-state index < -0.39 is 6.04 Å². The number of amides is 3. The quantitative estimate of drug-likeness (QED) is 0.731. The number of rotatable bonds is 6. The lowest BCUT2D eigenvalue weighted by Gasteiger charge is -2.22. The lowest BCUT2D eigenvalue weighted by molar-refractivity contribution is -0.134. The molecule has 0 aliphatic heterocycles. The van der Waals surface area contributed by atoms with Crippen LogP contribution in [0.5, 0.6) is 0 Å². The minimum Gasteiger partial charge on any atom is -0.341 e. The van der Waals surface area contributed by atoms with Gasteiger partial charge in [0.2, 0.25) is 11.8 Å². The van der Waals surface area contributed by atoms with Crippen molar-refractivity contribution in [3.63, 3.8) is 0 Å². The number of benzene rings is 2. The molecule has 0 radical (unpaired) electrons. The Bertz CT molecular complexity index is 920. The van der Waals surface area contributed by atoms with Gasteiger partial charge in [-0.15, -0.1) is 0 Å². The van der Waals surface area contributed by atoms with Crippen molar-refractivity contribution in [1.29, 1.82) is 0 Å². The molecule has 0 bridgehead atoms. The smallest absolute Gasteiger partial charge is 0.251 e. The molecule has 6 nitrogen and oxygen atoms in total. The van der Waals surface area contributed by atoms with E-state index in [-0.39, 0.29) is 29.7 Å². The van der Waals surface area contributed by atoms with Gasteiger partial charge in [-0.2, -0.15) is 0 Å². The van der Waals surface area contributed by atoms with Crippen molar-refractivity contribution in [3.8, 4) is 0 Å². The van der Waals surface area contributed by atoms with Gasteiger partial charge in [-0.05, 0) is 48.2 Å². The lowest BCUT2D eigenvalue weighted by Crippen LogP contribution is -2.47. The normalized spacial score (nSPS) is 12.1. The Morgan fingerprint density at radius 1 is 1.07 bits per heavy atom. The van der Waals surface area contributed by atoms with Gasteiger partial charge in [0.25, 0.3) is 5.91 Å². The zero-order valence-corrected chi connectivity index (χ0v) is 18.7. The third-order valence-electron chi connectivity index (χ3n) is 4.60. The van der Waals surface area contributed by atoms with Crippen LogP contribution in [0.25, 0.3) is 0 Å². The standard InChI is InChI=1S/C23H28ClN3O3/c1-15(25-21(29)16-9-11-17(12-10-16)23(2,3)4)22(30)27(5)14-20(28)26-19-8-6-7-18(24)13-19/h6-13,15H,14H2,1-5H3,(H,25,29)(H,26,28). The fourth-order valence-electron chi connectivity index (χ4n) is 2.85. The molecule has 0 saturated carbocycles. The summed E-state index contributed by atoms with van der Waals surface area (Å²) in [4.78, 5) is 38.5. The van der Waals surface area contributed by atoms with Crippen molar-refractivity contribution in [2.75, 3.05) is 18.9 Å². The Kier molecular flexibility index (Phi) is 7.62. The average molecular weight is 430 g/mol. The average Bonchev–Trinajstić information content (AvgIpc) is 2.66. The maximum absolute atomic E-state index is 12.5. The molecule has 30 heavy (non-hydrogen) atoms. The van der Waals surface area contributed by atoms with Crippen LogP contribution in [-0.2, 0) is 15.0 Å². The SMILES string of the molecule is CC(NC(=O)c1ccc(C(C)(C)C)cc1)C(=O)N(C)CC(=O)Nc1cccc(Cl)c1. The number of hydrogen-bond acceptors (Lipinski definition) is 3. The Morgan fingerprint density at radius 2 is 1.70 bits per heavy atom. The number of nitrogens with zero attached hydrogens (tertiary/aromatic N) is 1. The second kappa shape index (κ2) is 9.76. The molecular weight excluding hydrogens is 402 g/mol. The van der Waals surface area contributed by atoms with E-state index in [1.807, 2.05) is 12.1 Å². The number of nitrogens with one attached hydrogen (secondary N) is 2. The largest absolute Gasteiger partial charge is 0.341 e. The van der Waals surface area contributed by atoms with Crippen LogP contribution in [0.1, 0.15) is 43.6 Å². The van der Waals surface area contributed by atoms with Crippen LogP contribution in [0, 0.1) is 0 Å². The van der Waals surface area contributed by atoms with Crippen LogP contribution in [0.4, 0.5) is 5.69 Å². The van der Waals surface area contributed by atoms with E-state index in [0.717, 1.165) is 5.56 Å². The minimum atomic E-state index is -0.774. The molecule has 0 saturated heterocycles. The van der Waals surface area contributed by atoms with Gasteiger partial charge in [0.15, 0.2) is 0 Å². The van der Waals surface area contributed by atoms with E-state index in [2.05, 4.69) is 31.4 Å². The Morgan fingerprint density at radius 3 is 2.27 bits per heavy atom. The molecular formula is C23H28ClN3O3. The molecule has 3 amide bonds. The van der Waals surface area contributed by atoms with Crippen LogP contribution >= 0.6 is 11.6 Å². The van der Waals surface area contributed by atoms with E-state index in [9.17, 15) is 14.4 Å². The van der Waals surface area contributed by atoms with Gasteiger partial charge in [0.05, 0.1) is 6.54 Å². The second-order valence-electron chi connectivity index (χ2n) is 8.28. The van der Waals surface area contributed by atoms with E-state index in [1.165, 1.54) is 11.9 Å². The number of hydrogen-bond donors (Lipinski definition) is 2. The van der Waals surface area contributed by atoms with Gasteiger partial charge in [-0.1, -0.05) is 50.6 Å². The first kappa shape index (κ1) is 23.4. The maximum Gasteiger partial charge on any atom is 0.251 e. The molecule has 1 atom stereocenters. The van der Waals surface area contributed by atoms with Crippen LogP contribution in [0.3, 0.4) is 0 Å². The van der Waals surface area contributed by atoms with Gasteiger partial charge in [-0.3, -0.25) is 14.4 Å². The molecule has 2 aromatic rings. The summed E-state index contributed by atoms with van der Waals surface area (Å²) >= 11 is 5.90. The molecule has 0 aliphatic rings. The third kappa shape index (κ3) is 6.59. The van der Waals surface area contributed by atoms with Crippen LogP contribution in [0.2, 0.25) is 5.02 Å². The molecule has 1 unspecified atom stereocenters. The number of carbonyl (C=O) groups excluding carboxylic acids is 3. The number of anilines is 1. The second-order valence-corrected chi connectivity index (χ2v) is 8.71. The van der Waals surface area contributed by atoms with Gasteiger partial charge in [0, 0.05) is 23.3 Å². The highest BCUT2D eigenvalue weighted by atomic mass is 35.5.